The van der Waals surface area contributed by atoms with Crippen molar-refractivity contribution in [3.63, 3.8) is 0 Å². The fraction of sp³-hybridized carbons (Fsp3) is 0.143. The molecule has 0 atom stereocenters. The number of benzene rings is 1. The Bertz CT molecular complexity index is 664. The SMILES string of the molecule is O=C(NC1=NCCS1)c1ccc(-c2ccc(Br)cc2)s1. The van der Waals surface area contributed by atoms with Crippen molar-refractivity contribution in [3.05, 3.63) is 45.7 Å². The van der Waals surface area contributed by atoms with Crippen LogP contribution in [0.3, 0.4) is 0 Å². The van der Waals surface area contributed by atoms with Crippen molar-refractivity contribution in [3.8, 4) is 10.4 Å². The molecule has 3 nitrogen and oxygen atoms in total. The maximum absolute atomic E-state index is 12.1. The fourth-order valence-corrected chi connectivity index (χ4v) is 3.69. The van der Waals surface area contributed by atoms with E-state index >= 15 is 0 Å². The van der Waals surface area contributed by atoms with Gasteiger partial charge in [-0.3, -0.25) is 9.79 Å². The van der Waals surface area contributed by atoms with Gasteiger partial charge in [0.2, 0.25) is 0 Å². The van der Waals surface area contributed by atoms with Crippen LogP contribution in [0.5, 0.6) is 0 Å². The molecule has 3 rings (SSSR count). The van der Waals surface area contributed by atoms with E-state index in [4.69, 9.17) is 0 Å². The standard InChI is InChI=1S/C14H11BrN2OS2/c15-10-3-1-9(2-4-10)11-5-6-12(20-11)13(18)17-14-16-7-8-19-14/h1-6H,7-8H2,(H,16,17,18). The number of hydrogen-bond donors (Lipinski definition) is 1. The highest BCUT2D eigenvalue weighted by Crippen LogP contribution is 2.29. The highest BCUT2D eigenvalue weighted by atomic mass is 79.9. The van der Waals surface area contributed by atoms with Gasteiger partial charge in [0.15, 0.2) is 5.17 Å². The smallest absolute Gasteiger partial charge is 0.267 e. The van der Waals surface area contributed by atoms with E-state index < -0.39 is 0 Å². The zero-order valence-electron chi connectivity index (χ0n) is 10.4. The second-order valence-electron chi connectivity index (χ2n) is 4.16. The largest absolute Gasteiger partial charge is 0.301 e. The van der Waals surface area contributed by atoms with Crippen molar-refractivity contribution < 1.29 is 4.79 Å². The van der Waals surface area contributed by atoms with E-state index in [1.165, 1.54) is 11.3 Å². The first kappa shape index (κ1) is 13.9. The number of nitrogens with zero attached hydrogens (tertiary/aromatic N) is 1. The quantitative estimate of drug-likeness (QED) is 0.872. The fourth-order valence-electron chi connectivity index (χ4n) is 1.80. The minimum Gasteiger partial charge on any atom is -0.301 e. The van der Waals surface area contributed by atoms with Crippen LogP contribution < -0.4 is 5.32 Å². The molecule has 0 saturated carbocycles. The number of rotatable bonds is 2. The molecule has 0 radical (unpaired) electrons. The molecule has 1 amide bonds. The third kappa shape index (κ3) is 3.13. The summed E-state index contributed by atoms with van der Waals surface area (Å²) in [5, 5.41) is 3.58. The minimum atomic E-state index is -0.0773. The summed E-state index contributed by atoms with van der Waals surface area (Å²) < 4.78 is 1.05. The van der Waals surface area contributed by atoms with Crippen LogP contribution in [0, 0.1) is 0 Å². The van der Waals surface area contributed by atoms with E-state index in [2.05, 4.69) is 26.2 Å². The van der Waals surface area contributed by atoms with Crippen LogP contribution in [-0.4, -0.2) is 23.4 Å². The normalized spacial score (nSPS) is 14.2. The van der Waals surface area contributed by atoms with Gasteiger partial charge in [0.05, 0.1) is 11.4 Å². The molecule has 0 saturated heterocycles. The zero-order chi connectivity index (χ0) is 13.9. The topological polar surface area (TPSA) is 41.5 Å². The molecular formula is C14H11BrN2OS2. The molecule has 0 bridgehead atoms. The van der Waals surface area contributed by atoms with Crippen LogP contribution in [0.4, 0.5) is 0 Å². The summed E-state index contributed by atoms with van der Waals surface area (Å²) in [5.74, 6) is 0.871. The summed E-state index contributed by atoms with van der Waals surface area (Å²) in [6, 6.07) is 11.9. The van der Waals surface area contributed by atoms with Gasteiger partial charge in [-0.25, -0.2) is 0 Å². The Hall–Kier alpha value is -1.11. The van der Waals surface area contributed by atoms with Crippen LogP contribution in [0.25, 0.3) is 10.4 Å². The number of thiophene rings is 1. The lowest BCUT2D eigenvalue weighted by Gasteiger charge is -2.01. The maximum Gasteiger partial charge on any atom is 0.267 e. The molecule has 20 heavy (non-hydrogen) atoms. The number of amidine groups is 1. The van der Waals surface area contributed by atoms with Crippen LogP contribution in [0.2, 0.25) is 0 Å². The van der Waals surface area contributed by atoms with E-state index in [-0.39, 0.29) is 5.91 Å². The van der Waals surface area contributed by atoms with Crippen LogP contribution in [0.15, 0.2) is 45.9 Å². The second kappa shape index (κ2) is 6.11. The maximum atomic E-state index is 12.1. The predicted octanol–water partition coefficient (Wildman–Crippen LogP) is 4.01. The van der Waals surface area contributed by atoms with E-state index in [1.807, 2.05) is 36.4 Å². The van der Waals surface area contributed by atoms with Crippen molar-refractivity contribution >= 4 is 50.1 Å². The first-order valence-corrected chi connectivity index (χ1v) is 8.66. The summed E-state index contributed by atoms with van der Waals surface area (Å²) in [7, 11) is 0. The molecule has 1 aliphatic heterocycles. The highest BCUT2D eigenvalue weighted by molar-refractivity contribution is 9.10. The van der Waals surface area contributed by atoms with E-state index in [0.717, 1.165) is 32.4 Å². The Balaban J connectivity index is 1.76. The summed E-state index contributed by atoms with van der Waals surface area (Å²) in [5.41, 5.74) is 1.12. The monoisotopic (exact) mass is 366 g/mol. The molecule has 102 valence electrons. The lowest BCUT2D eigenvalue weighted by molar-refractivity contribution is 0.0982. The van der Waals surface area contributed by atoms with E-state index in [0.29, 0.717) is 4.88 Å². The molecule has 0 aliphatic carbocycles. The first-order chi connectivity index (χ1) is 9.72. The van der Waals surface area contributed by atoms with Crippen molar-refractivity contribution in [2.75, 3.05) is 12.3 Å². The van der Waals surface area contributed by atoms with Gasteiger partial charge in [0, 0.05) is 15.1 Å². The predicted molar refractivity (Wildman–Crippen MR) is 89.7 cm³/mol. The van der Waals surface area contributed by atoms with Crippen molar-refractivity contribution in [2.24, 2.45) is 4.99 Å². The van der Waals surface area contributed by atoms with Crippen molar-refractivity contribution in [2.45, 2.75) is 0 Å². The van der Waals surface area contributed by atoms with Gasteiger partial charge in [-0.15, -0.1) is 11.3 Å². The Kier molecular flexibility index (Phi) is 4.24. The van der Waals surface area contributed by atoms with E-state index in [9.17, 15) is 4.79 Å². The zero-order valence-corrected chi connectivity index (χ0v) is 13.6. The number of carbonyl (C=O) groups excluding carboxylic acids is 1. The molecule has 0 fully saturated rings. The number of hydrogen-bond acceptors (Lipinski definition) is 4. The summed E-state index contributed by atoms with van der Waals surface area (Å²) >= 11 is 6.50. The van der Waals surface area contributed by atoms with Gasteiger partial charge < -0.3 is 5.32 Å². The van der Waals surface area contributed by atoms with Gasteiger partial charge in [0.25, 0.3) is 5.91 Å². The number of carbonyl (C=O) groups is 1. The number of aliphatic imine (C=N–C) groups is 1. The Labute approximate surface area is 133 Å². The minimum absolute atomic E-state index is 0.0773. The van der Waals surface area contributed by atoms with Crippen LogP contribution in [0.1, 0.15) is 9.67 Å². The van der Waals surface area contributed by atoms with Crippen molar-refractivity contribution in [1.82, 2.24) is 5.32 Å². The van der Waals surface area contributed by atoms with Gasteiger partial charge in [-0.2, -0.15) is 0 Å². The third-order valence-corrected chi connectivity index (χ3v) is 5.32. The third-order valence-electron chi connectivity index (χ3n) is 2.76. The van der Waals surface area contributed by atoms with Crippen LogP contribution >= 0.6 is 39.0 Å². The molecule has 1 aromatic carbocycles. The number of amides is 1. The number of nitrogens with one attached hydrogen (secondary N) is 1. The summed E-state index contributed by atoms with van der Waals surface area (Å²) in [4.78, 5) is 18.1. The summed E-state index contributed by atoms with van der Waals surface area (Å²) in [6.45, 7) is 0.787. The van der Waals surface area contributed by atoms with Gasteiger partial charge in [0.1, 0.15) is 0 Å². The lowest BCUT2D eigenvalue weighted by Crippen LogP contribution is -2.26. The molecule has 1 aromatic heterocycles. The molecule has 2 heterocycles. The molecule has 2 aromatic rings. The van der Waals surface area contributed by atoms with Gasteiger partial charge >= 0.3 is 0 Å². The second-order valence-corrected chi connectivity index (χ2v) is 7.24. The summed E-state index contributed by atoms with van der Waals surface area (Å²) in [6.07, 6.45) is 0. The van der Waals surface area contributed by atoms with Gasteiger partial charge in [-0.1, -0.05) is 39.8 Å². The molecule has 0 unspecified atom stereocenters. The van der Waals surface area contributed by atoms with Gasteiger partial charge in [-0.05, 0) is 29.8 Å². The van der Waals surface area contributed by atoms with Crippen molar-refractivity contribution in [1.29, 1.82) is 0 Å². The average molecular weight is 367 g/mol. The Morgan fingerprint density at radius 1 is 1.20 bits per heavy atom. The lowest BCUT2D eigenvalue weighted by atomic mass is 10.2. The first-order valence-electron chi connectivity index (χ1n) is 6.07. The molecule has 0 spiro atoms. The number of thioether (sulfide) groups is 1. The molecule has 6 heteroatoms. The molecule has 1 N–H and O–H groups in total. The Morgan fingerprint density at radius 2 is 2.00 bits per heavy atom. The average Bonchev–Trinajstić information content (AvgIpc) is 3.10. The van der Waals surface area contributed by atoms with E-state index in [1.54, 1.807) is 11.8 Å². The van der Waals surface area contributed by atoms with Crippen LogP contribution in [-0.2, 0) is 0 Å². The number of halogens is 1. The molecule has 1 aliphatic rings. The molecular weight excluding hydrogens is 356 g/mol. The highest BCUT2D eigenvalue weighted by Gasteiger charge is 2.14. The Morgan fingerprint density at radius 3 is 2.70 bits per heavy atom.